The number of esters is 1. The third-order valence-corrected chi connectivity index (χ3v) is 2.96. The molecule has 1 atom stereocenters. The minimum atomic E-state index is -0.860. The van der Waals surface area contributed by atoms with E-state index in [-0.39, 0.29) is 5.91 Å². The Hall–Kier alpha value is -2.08. The molecule has 0 bridgehead atoms. The number of amides is 1. The number of nitrogens with one attached hydrogen (secondary N) is 1. The molecule has 116 valence electrons. The number of carbonyl (C=O) groups excluding carboxylic acids is 2. The summed E-state index contributed by atoms with van der Waals surface area (Å²) in [6.45, 7) is 4.36. The van der Waals surface area contributed by atoms with E-state index < -0.39 is 12.1 Å². The summed E-state index contributed by atoms with van der Waals surface area (Å²) in [5.41, 5.74) is 7.25. The minimum Gasteiger partial charge on any atom is -0.449 e. The van der Waals surface area contributed by atoms with Crippen LogP contribution in [0.2, 0.25) is 0 Å². The van der Waals surface area contributed by atoms with Crippen molar-refractivity contribution in [2.24, 2.45) is 0 Å². The molecule has 3 N–H and O–H groups in total. The number of nitrogens with two attached hydrogens (primary N) is 1. The molecule has 0 aliphatic carbocycles. The average Bonchev–Trinajstić information content (AvgIpc) is 2.45. The summed E-state index contributed by atoms with van der Waals surface area (Å²) in [5.74, 6) is -0.889. The van der Waals surface area contributed by atoms with Crippen LogP contribution in [0.25, 0.3) is 0 Å². The SMILES string of the molecule is COCCCNC(=O)C(C)OC(=O)c1cc(N)ccc1C. The van der Waals surface area contributed by atoms with Crippen LogP contribution in [-0.4, -0.2) is 38.2 Å². The second-order valence-electron chi connectivity index (χ2n) is 4.76. The molecule has 1 rings (SSSR count). The third kappa shape index (κ3) is 5.43. The van der Waals surface area contributed by atoms with Crippen LogP contribution in [0.3, 0.4) is 0 Å². The van der Waals surface area contributed by atoms with E-state index in [1.807, 2.05) is 0 Å². The standard InChI is InChI=1S/C15H22N2O4/c1-10-5-6-12(16)9-13(10)15(19)21-11(2)14(18)17-7-4-8-20-3/h5-6,9,11H,4,7-8,16H2,1-3H3,(H,17,18). The van der Waals surface area contributed by atoms with Crippen molar-refractivity contribution in [3.05, 3.63) is 29.3 Å². The number of nitrogen functional groups attached to an aromatic ring is 1. The van der Waals surface area contributed by atoms with Gasteiger partial charge in [-0.25, -0.2) is 4.79 Å². The van der Waals surface area contributed by atoms with Crippen molar-refractivity contribution >= 4 is 17.6 Å². The van der Waals surface area contributed by atoms with Crippen molar-refractivity contribution in [1.82, 2.24) is 5.32 Å². The van der Waals surface area contributed by atoms with E-state index in [2.05, 4.69) is 5.32 Å². The number of methoxy groups -OCH3 is 1. The normalized spacial score (nSPS) is 11.8. The summed E-state index contributed by atoms with van der Waals surface area (Å²) in [5, 5.41) is 2.68. The molecule has 1 aromatic carbocycles. The number of hydrogen-bond donors (Lipinski definition) is 2. The molecule has 1 unspecified atom stereocenters. The van der Waals surface area contributed by atoms with Crippen LogP contribution in [-0.2, 0) is 14.3 Å². The number of hydrogen-bond acceptors (Lipinski definition) is 5. The molecule has 0 aliphatic rings. The Morgan fingerprint density at radius 1 is 1.38 bits per heavy atom. The predicted octanol–water partition coefficient (Wildman–Crippen LogP) is 1.28. The van der Waals surface area contributed by atoms with E-state index in [1.54, 1.807) is 32.2 Å². The lowest BCUT2D eigenvalue weighted by Crippen LogP contribution is -2.36. The first-order valence-electron chi connectivity index (χ1n) is 6.79. The summed E-state index contributed by atoms with van der Waals surface area (Å²) < 4.78 is 10.0. The quantitative estimate of drug-likeness (QED) is 0.449. The van der Waals surface area contributed by atoms with Gasteiger partial charge in [-0.05, 0) is 38.0 Å². The van der Waals surface area contributed by atoms with Crippen LogP contribution in [0, 0.1) is 6.92 Å². The van der Waals surface area contributed by atoms with E-state index in [1.165, 1.54) is 6.92 Å². The fourth-order valence-electron chi connectivity index (χ4n) is 1.71. The zero-order valence-corrected chi connectivity index (χ0v) is 12.6. The number of benzene rings is 1. The summed E-state index contributed by atoms with van der Waals surface area (Å²) in [7, 11) is 1.60. The van der Waals surface area contributed by atoms with Crippen LogP contribution >= 0.6 is 0 Å². The molecule has 0 fully saturated rings. The minimum absolute atomic E-state index is 0.332. The van der Waals surface area contributed by atoms with Gasteiger partial charge >= 0.3 is 5.97 Å². The molecule has 0 radical (unpaired) electrons. The van der Waals surface area contributed by atoms with Crippen LogP contribution in [0.15, 0.2) is 18.2 Å². The van der Waals surface area contributed by atoms with Gasteiger partial charge in [0.05, 0.1) is 5.56 Å². The van der Waals surface area contributed by atoms with Crippen molar-refractivity contribution in [3.8, 4) is 0 Å². The molecule has 0 aliphatic heterocycles. The summed E-state index contributed by atoms with van der Waals surface area (Å²) >= 11 is 0. The maximum atomic E-state index is 12.0. The van der Waals surface area contributed by atoms with Crippen LogP contribution in [0.5, 0.6) is 0 Å². The van der Waals surface area contributed by atoms with Gasteiger partial charge in [-0.1, -0.05) is 6.07 Å². The smallest absolute Gasteiger partial charge is 0.339 e. The van der Waals surface area contributed by atoms with Gasteiger partial charge in [0, 0.05) is 25.9 Å². The van der Waals surface area contributed by atoms with Gasteiger partial charge in [-0.2, -0.15) is 0 Å². The van der Waals surface area contributed by atoms with E-state index >= 15 is 0 Å². The zero-order valence-electron chi connectivity index (χ0n) is 12.6. The lowest BCUT2D eigenvalue weighted by atomic mass is 10.1. The van der Waals surface area contributed by atoms with Gasteiger partial charge < -0.3 is 20.5 Å². The first-order chi connectivity index (χ1) is 9.95. The van der Waals surface area contributed by atoms with E-state index in [0.29, 0.717) is 30.8 Å². The van der Waals surface area contributed by atoms with Gasteiger partial charge in [0.1, 0.15) is 0 Å². The summed E-state index contributed by atoms with van der Waals surface area (Å²) in [4.78, 5) is 23.8. The number of aryl methyl sites for hydroxylation is 1. The molecule has 6 nitrogen and oxygen atoms in total. The molecule has 21 heavy (non-hydrogen) atoms. The Morgan fingerprint density at radius 2 is 2.10 bits per heavy atom. The average molecular weight is 294 g/mol. The fraction of sp³-hybridized carbons (Fsp3) is 0.467. The summed E-state index contributed by atoms with van der Waals surface area (Å²) in [6, 6.07) is 4.99. The van der Waals surface area contributed by atoms with Gasteiger partial charge in [-0.15, -0.1) is 0 Å². The number of ether oxygens (including phenoxy) is 2. The highest BCUT2D eigenvalue weighted by Gasteiger charge is 2.19. The first-order valence-corrected chi connectivity index (χ1v) is 6.79. The van der Waals surface area contributed by atoms with Gasteiger partial charge in [-0.3, -0.25) is 4.79 Å². The molecule has 6 heteroatoms. The second-order valence-corrected chi connectivity index (χ2v) is 4.76. The second kappa shape index (κ2) is 8.26. The van der Waals surface area contributed by atoms with Crippen LogP contribution < -0.4 is 11.1 Å². The Morgan fingerprint density at radius 3 is 2.76 bits per heavy atom. The monoisotopic (exact) mass is 294 g/mol. The van der Waals surface area contributed by atoms with Gasteiger partial charge in [0.25, 0.3) is 5.91 Å². The largest absolute Gasteiger partial charge is 0.449 e. The van der Waals surface area contributed by atoms with Crippen molar-refractivity contribution in [1.29, 1.82) is 0 Å². The number of rotatable bonds is 7. The topological polar surface area (TPSA) is 90.6 Å². The van der Waals surface area contributed by atoms with E-state index in [9.17, 15) is 9.59 Å². The van der Waals surface area contributed by atoms with Crippen molar-refractivity contribution in [2.45, 2.75) is 26.4 Å². The highest BCUT2D eigenvalue weighted by atomic mass is 16.5. The van der Waals surface area contributed by atoms with Gasteiger partial charge in [0.15, 0.2) is 6.10 Å². The van der Waals surface area contributed by atoms with Crippen molar-refractivity contribution < 1.29 is 19.1 Å². The molecule has 0 saturated carbocycles. The molecule has 1 amide bonds. The first kappa shape index (κ1) is 17.0. The summed E-state index contributed by atoms with van der Waals surface area (Å²) in [6.07, 6.45) is -0.155. The molecule has 1 aromatic rings. The molecular weight excluding hydrogens is 272 g/mol. The molecule has 0 saturated heterocycles. The lowest BCUT2D eigenvalue weighted by molar-refractivity contribution is -0.129. The van der Waals surface area contributed by atoms with Crippen LogP contribution in [0.4, 0.5) is 5.69 Å². The maximum absolute atomic E-state index is 12.0. The molecule has 0 heterocycles. The van der Waals surface area contributed by atoms with Gasteiger partial charge in [0.2, 0.25) is 0 Å². The fourth-order valence-corrected chi connectivity index (χ4v) is 1.71. The van der Waals surface area contributed by atoms with Crippen molar-refractivity contribution in [2.75, 3.05) is 26.0 Å². The Balaban J connectivity index is 2.53. The Bertz CT molecular complexity index is 502. The Labute approximate surface area is 124 Å². The maximum Gasteiger partial charge on any atom is 0.339 e. The Kier molecular flexibility index (Phi) is 6.68. The predicted molar refractivity (Wildman–Crippen MR) is 80.0 cm³/mol. The lowest BCUT2D eigenvalue weighted by Gasteiger charge is -2.14. The highest BCUT2D eigenvalue weighted by molar-refractivity contribution is 5.94. The zero-order chi connectivity index (χ0) is 15.8. The van der Waals surface area contributed by atoms with Crippen LogP contribution in [0.1, 0.15) is 29.3 Å². The molecular formula is C15H22N2O4. The van der Waals surface area contributed by atoms with E-state index in [0.717, 1.165) is 5.56 Å². The number of anilines is 1. The van der Waals surface area contributed by atoms with Crippen molar-refractivity contribution in [3.63, 3.8) is 0 Å². The number of carbonyl (C=O) groups is 2. The third-order valence-electron chi connectivity index (χ3n) is 2.96. The molecule has 0 spiro atoms. The molecule has 0 aromatic heterocycles. The highest BCUT2D eigenvalue weighted by Crippen LogP contribution is 2.14. The van der Waals surface area contributed by atoms with E-state index in [4.69, 9.17) is 15.2 Å².